The maximum atomic E-state index is 12.6. The number of hydrogen-bond donors (Lipinski definition) is 0. The summed E-state index contributed by atoms with van der Waals surface area (Å²) in [4.78, 5) is 15.5. The molecule has 16 heavy (non-hydrogen) atoms. The van der Waals surface area contributed by atoms with Gasteiger partial charge >= 0.3 is 6.18 Å². The van der Waals surface area contributed by atoms with E-state index in [9.17, 15) is 22.4 Å². The minimum absolute atomic E-state index is 0.140. The molecule has 0 spiro atoms. The Morgan fingerprint density at radius 3 is 2.69 bits per heavy atom. The van der Waals surface area contributed by atoms with Crippen LogP contribution in [0, 0.1) is 0 Å². The van der Waals surface area contributed by atoms with Gasteiger partial charge in [-0.3, -0.25) is 4.79 Å². The van der Waals surface area contributed by atoms with Crippen molar-refractivity contribution in [3.63, 3.8) is 0 Å². The fourth-order valence-electron chi connectivity index (χ4n) is 0.970. The normalized spacial score (nSPS) is 13.6. The van der Waals surface area contributed by atoms with Crippen LogP contribution >= 0.6 is 11.3 Å². The molecule has 0 radical (unpaired) electrons. The summed E-state index contributed by atoms with van der Waals surface area (Å²) in [6, 6.07) is 0. The molecule has 0 aliphatic carbocycles. The van der Waals surface area contributed by atoms with Crippen LogP contribution in [-0.2, 0) is 11.3 Å². The Kier molecular flexibility index (Phi) is 3.84. The largest absolute Gasteiger partial charge is 0.428 e. The van der Waals surface area contributed by atoms with Crippen LogP contribution in [0.1, 0.15) is 5.69 Å². The van der Waals surface area contributed by atoms with Crippen molar-refractivity contribution >= 4 is 17.2 Å². The molecule has 1 unspecified atom stereocenters. The van der Waals surface area contributed by atoms with Crippen LogP contribution in [0.2, 0.25) is 0 Å². The molecule has 0 aliphatic heterocycles. The number of aromatic nitrogens is 1. The third-order valence-electron chi connectivity index (χ3n) is 1.76. The molecule has 0 aliphatic rings. The van der Waals surface area contributed by atoms with Gasteiger partial charge in [0.15, 0.2) is 0 Å². The Hall–Kier alpha value is -1.18. The third-order valence-corrected chi connectivity index (χ3v) is 2.40. The molecule has 0 bridgehead atoms. The molecular formula is C8H8F4N2OS. The number of rotatable bonds is 3. The van der Waals surface area contributed by atoms with E-state index in [1.807, 2.05) is 0 Å². The summed E-state index contributed by atoms with van der Waals surface area (Å²) in [6.45, 7) is -0.140. The van der Waals surface area contributed by atoms with Gasteiger partial charge in [0, 0.05) is 12.4 Å². The lowest BCUT2D eigenvalue weighted by Gasteiger charge is -2.19. The zero-order valence-electron chi connectivity index (χ0n) is 8.16. The highest BCUT2D eigenvalue weighted by Gasteiger charge is 2.46. The molecule has 0 N–H and O–H groups in total. The molecule has 0 aromatic carbocycles. The molecule has 90 valence electrons. The quantitative estimate of drug-likeness (QED) is 0.775. The van der Waals surface area contributed by atoms with Gasteiger partial charge in [-0.15, -0.1) is 11.3 Å². The molecule has 0 saturated carbocycles. The van der Waals surface area contributed by atoms with E-state index in [1.54, 1.807) is 5.38 Å². The molecular weight excluding hydrogens is 248 g/mol. The lowest BCUT2D eigenvalue weighted by molar-refractivity contribution is -0.192. The first kappa shape index (κ1) is 12.9. The Labute approximate surface area is 92.7 Å². The molecule has 8 heteroatoms. The number of halogens is 4. The summed E-state index contributed by atoms with van der Waals surface area (Å²) >= 11 is 1.24. The number of carbonyl (C=O) groups is 1. The maximum Gasteiger partial charge on any atom is 0.428 e. The molecule has 0 fully saturated rings. The standard InChI is InChI=1S/C8H8F4N2OS/c1-14(2-5-3-16-4-13-5)7(15)6(9)8(10,11)12/h3-4,6H,2H2,1H3. The Balaban J connectivity index is 2.61. The van der Waals surface area contributed by atoms with Crippen LogP contribution in [0.3, 0.4) is 0 Å². The maximum absolute atomic E-state index is 12.6. The second kappa shape index (κ2) is 4.77. The van der Waals surface area contributed by atoms with Gasteiger partial charge in [-0.1, -0.05) is 0 Å². The zero-order valence-corrected chi connectivity index (χ0v) is 8.98. The molecule has 1 aromatic heterocycles. The smallest absolute Gasteiger partial charge is 0.337 e. The number of amides is 1. The van der Waals surface area contributed by atoms with E-state index in [0.717, 1.165) is 7.05 Å². The predicted octanol–water partition coefficient (Wildman–Crippen LogP) is 2.00. The summed E-state index contributed by atoms with van der Waals surface area (Å²) in [5, 5.41) is 1.57. The average molecular weight is 256 g/mol. The van der Waals surface area contributed by atoms with Crippen molar-refractivity contribution in [3.8, 4) is 0 Å². The van der Waals surface area contributed by atoms with Crippen molar-refractivity contribution < 1.29 is 22.4 Å². The highest BCUT2D eigenvalue weighted by atomic mass is 32.1. The summed E-state index contributed by atoms with van der Waals surface area (Å²) in [7, 11) is 1.10. The summed E-state index contributed by atoms with van der Waals surface area (Å²) in [6.07, 6.45) is -8.64. The van der Waals surface area contributed by atoms with Crippen LogP contribution < -0.4 is 0 Å². The van der Waals surface area contributed by atoms with Gasteiger partial charge < -0.3 is 4.90 Å². The van der Waals surface area contributed by atoms with Crippen LogP contribution in [0.4, 0.5) is 17.6 Å². The van der Waals surface area contributed by atoms with Gasteiger partial charge in [0.2, 0.25) is 0 Å². The monoisotopic (exact) mass is 256 g/mol. The van der Waals surface area contributed by atoms with Gasteiger partial charge in [-0.2, -0.15) is 13.2 Å². The van der Waals surface area contributed by atoms with Gasteiger partial charge in [-0.05, 0) is 0 Å². The molecule has 1 heterocycles. The Bertz CT molecular complexity index is 351. The number of alkyl halides is 4. The van der Waals surface area contributed by atoms with Crippen LogP contribution in [0.5, 0.6) is 0 Å². The molecule has 3 nitrogen and oxygen atoms in total. The molecule has 1 amide bonds. The Morgan fingerprint density at radius 1 is 1.62 bits per heavy atom. The van der Waals surface area contributed by atoms with Gasteiger partial charge in [0.25, 0.3) is 12.1 Å². The number of carbonyl (C=O) groups excluding carboxylic acids is 1. The third kappa shape index (κ3) is 3.16. The van der Waals surface area contributed by atoms with E-state index in [4.69, 9.17) is 0 Å². The van der Waals surface area contributed by atoms with Crippen molar-refractivity contribution in [2.24, 2.45) is 0 Å². The first-order valence-electron chi connectivity index (χ1n) is 4.15. The summed E-state index contributed by atoms with van der Waals surface area (Å²) in [5.41, 5.74) is 1.90. The molecule has 1 aromatic rings. The van der Waals surface area contributed by atoms with Crippen molar-refractivity contribution in [2.75, 3.05) is 7.05 Å². The van der Waals surface area contributed by atoms with E-state index in [0.29, 0.717) is 10.6 Å². The Morgan fingerprint density at radius 2 is 2.25 bits per heavy atom. The minimum atomic E-state index is -5.16. The van der Waals surface area contributed by atoms with E-state index in [1.165, 1.54) is 16.8 Å². The van der Waals surface area contributed by atoms with E-state index in [-0.39, 0.29) is 6.54 Å². The van der Waals surface area contributed by atoms with Crippen molar-refractivity contribution in [1.29, 1.82) is 0 Å². The van der Waals surface area contributed by atoms with E-state index >= 15 is 0 Å². The number of nitrogens with zero attached hydrogens (tertiary/aromatic N) is 2. The van der Waals surface area contributed by atoms with Crippen molar-refractivity contribution in [1.82, 2.24) is 9.88 Å². The zero-order chi connectivity index (χ0) is 12.3. The highest BCUT2D eigenvalue weighted by molar-refractivity contribution is 7.07. The van der Waals surface area contributed by atoms with Crippen LogP contribution in [0.25, 0.3) is 0 Å². The van der Waals surface area contributed by atoms with Crippen LogP contribution in [-0.4, -0.2) is 35.2 Å². The van der Waals surface area contributed by atoms with Crippen LogP contribution in [0.15, 0.2) is 10.9 Å². The first-order valence-corrected chi connectivity index (χ1v) is 5.09. The van der Waals surface area contributed by atoms with E-state index in [2.05, 4.69) is 4.98 Å². The molecule has 1 atom stereocenters. The van der Waals surface area contributed by atoms with Crippen molar-refractivity contribution in [3.05, 3.63) is 16.6 Å². The second-order valence-corrected chi connectivity index (χ2v) is 3.80. The second-order valence-electron chi connectivity index (χ2n) is 3.08. The van der Waals surface area contributed by atoms with Gasteiger partial charge in [0.05, 0.1) is 17.7 Å². The first-order chi connectivity index (χ1) is 7.32. The van der Waals surface area contributed by atoms with Gasteiger partial charge in [0.1, 0.15) is 0 Å². The fraction of sp³-hybridized carbons (Fsp3) is 0.500. The number of hydrogen-bond acceptors (Lipinski definition) is 3. The molecule has 0 saturated heterocycles. The number of thiazole rings is 1. The lowest BCUT2D eigenvalue weighted by atomic mass is 10.3. The van der Waals surface area contributed by atoms with Crippen molar-refractivity contribution in [2.45, 2.75) is 18.9 Å². The SMILES string of the molecule is CN(Cc1cscn1)C(=O)C(F)C(F)(F)F. The van der Waals surface area contributed by atoms with E-state index < -0.39 is 18.3 Å². The average Bonchev–Trinajstić information content (AvgIpc) is 2.66. The summed E-state index contributed by atoms with van der Waals surface area (Å²) < 4.78 is 48.4. The summed E-state index contributed by atoms with van der Waals surface area (Å²) in [5.74, 6) is -1.61. The highest BCUT2D eigenvalue weighted by Crippen LogP contribution is 2.24. The minimum Gasteiger partial charge on any atom is -0.337 e. The van der Waals surface area contributed by atoms with Gasteiger partial charge in [-0.25, -0.2) is 9.37 Å². The molecule has 1 rings (SSSR count). The fourth-order valence-corrected chi connectivity index (χ4v) is 1.52. The topological polar surface area (TPSA) is 33.2 Å². The lowest BCUT2D eigenvalue weighted by Crippen LogP contribution is -2.41. The predicted molar refractivity (Wildman–Crippen MR) is 49.5 cm³/mol.